The highest BCUT2D eigenvalue weighted by Crippen LogP contribution is 2.27. The van der Waals surface area contributed by atoms with E-state index in [9.17, 15) is 0 Å². The minimum Gasteiger partial charge on any atom is -0.329 e. The molecule has 1 aromatic carbocycles. The molecule has 5 heteroatoms. The Morgan fingerprint density at radius 2 is 2.00 bits per heavy atom. The fourth-order valence-corrected chi connectivity index (χ4v) is 2.45. The Morgan fingerprint density at radius 1 is 1.20 bits per heavy atom. The lowest BCUT2D eigenvalue weighted by molar-refractivity contribution is 0.239. The van der Waals surface area contributed by atoms with Crippen molar-refractivity contribution >= 4 is 23.2 Å². The fourth-order valence-electron chi connectivity index (χ4n) is 2.15. The van der Waals surface area contributed by atoms with Crippen molar-refractivity contribution in [2.24, 2.45) is 5.73 Å². The van der Waals surface area contributed by atoms with E-state index in [1.54, 1.807) is 12.3 Å². The predicted octanol–water partition coefficient (Wildman–Crippen LogP) is 3.52. The SMILES string of the molecule is CN(Cc1ccccn1)C(CN)c1ccc(Cl)c(Cl)c1. The summed E-state index contributed by atoms with van der Waals surface area (Å²) in [6.07, 6.45) is 1.79. The number of halogens is 2. The van der Waals surface area contributed by atoms with Gasteiger partial charge < -0.3 is 5.73 Å². The van der Waals surface area contributed by atoms with Crippen molar-refractivity contribution in [1.29, 1.82) is 0 Å². The van der Waals surface area contributed by atoms with Crippen LogP contribution in [-0.2, 0) is 6.54 Å². The average molecular weight is 310 g/mol. The van der Waals surface area contributed by atoms with Gasteiger partial charge in [-0.1, -0.05) is 35.3 Å². The van der Waals surface area contributed by atoms with Crippen LogP contribution in [0.1, 0.15) is 17.3 Å². The quantitative estimate of drug-likeness (QED) is 0.919. The normalized spacial score (nSPS) is 12.7. The number of likely N-dealkylation sites (N-methyl/N-ethyl adjacent to an activating group) is 1. The number of pyridine rings is 1. The molecule has 2 rings (SSSR count). The van der Waals surface area contributed by atoms with Crippen LogP contribution in [0.15, 0.2) is 42.6 Å². The minimum atomic E-state index is 0.0757. The molecule has 0 radical (unpaired) electrons. The van der Waals surface area contributed by atoms with Crippen molar-refractivity contribution in [3.8, 4) is 0 Å². The maximum atomic E-state index is 6.08. The molecule has 0 saturated heterocycles. The van der Waals surface area contributed by atoms with Gasteiger partial charge in [0, 0.05) is 25.3 Å². The van der Waals surface area contributed by atoms with Gasteiger partial charge in [-0.05, 0) is 36.9 Å². The summed E-state index contributed by atoms with van der Waals surface area (Å²) in [6.45, 7) is 1.23. The monoisotopic (exact) mass is 309 g/mol. The third kappa shape index (κ3) is 3.70. The smallest absolute Gasteiger partial charge is 0.0595 e. The lowest BCUT2D eigenvalue weighted by Gasteiger charge is -2.27. The summed E-state index contributed by atoms with van der Waals surface area (Å²) in [7, 11) is 2.02. The summed E-state index contributed by atoms with van der Waals surface area (Å²) in [4.78, 5) is 6.49. The number of hydrogen-bond donors (Lipinski definition) is 1. The zero-order valence-corrected chi connectivity index (χ0v) is 12.8. The summed E-state index contributed by atoms with van der Waals surface area (Å²) >= 11 is 12.0. The highest BCUT2D eigenvalue weighted by atomic mass is 35.5. The van der Waals surface area contributed by atoms with Crippen molar-refractivity contribution in [2.45, 2.75) is 12.6 Å². The molecule has 20 heavy (non-hydrogen) atoms. The van der Waals surface area contributed by atoms with E-state index in [2.05, 4.69) is 9.88 Å². The Hall–Kier alpha value is -1.13. The molecule has 0 spiro atoms. The first-order valence-electron chi connectivity index (χ1n) is 6.37. The molecule has 0 fully saturated rings. The number of nitrogens with two attached hydrogens (primary N) is 1. The number of rotatable bonds is 5. The molecule has 1 aromatic heterocycles. The third-order valence-corrected chi connectivity index (χ3v) is 3.96. The molecule has 106 valence electrons. The second-order valence-corrected chi connectivity index (χ2v) is 5.48. The molecular weight excluding hydrogens is 293 g/mol. The van der Waals surface area contributed by atoms with Gasteiger partial charge in [0.2, 0.25) is 0 Å². The standard InChI is InChI=1S/C15H17Cl2N3/c1-20(10-12-4-2-3-7-19-12)15(9-18)11-5-6-13(16)14(17)8-11/h2-8,15H,9-10,18H2,1H3. The van der Waals surface area contributed by atoms with Gasteiger partial charge in [-0.3, -0.25) is 9.88 Å². The molecule has 0 aliphatic carbocycles. The maximum Gasteiger partial charge on any atom is 0.0595 e. The van der Waals surface area contributed by atoms with Gasteiger partial charge in [0.15, 0.2) is 0 Å². The van der Waals surface area contributed by atoms with Crippen LogP contribution in [0.25, 0.3) is 0 Å². The molecule has 1 unspecified atom stereocenters. The van der Waals surface area contributed by atoms with Crippen LogP contribution in [-0.4, -0.2) is 23.5 Å². The van der Waals surface area contributed by atoms with Crippen LogP contribution in [0.2, 0.25) is 10.0 Å². The molecule has 0 bridgehead atoms. The van der Waals surface area contributed by atoms with Crippen LogP contribution < -0.4 is 5.73 Å². The van der Waals surface area contributed by atoms with Crippen LogP contribution in [0.5, 0.6) is 0 Å². The van der Waals surface area contributed by atoms with Crippen molar-refractivity contribution < 1.29 is 0 Å². The molecule has 3 nitrogen and oxygen atoms in total. The summed E-state index contributed by atoms with van der Waals surface area (Å²) in [5, 5.41) is 1.10. The minimum absolute atomic E-state index is 0.0757. The van der Waals surface area contributed by atoms with Crippen LogP contribution in [0, 0.1) is 0 Å². The largest absolute Gasteiger partial charge is 0.329 e. The highest BCUT2D eigenvalue weighted by molar-refractivity contribution is 6.42. The van der Waals surface area contributed by atoms with Crippen molar-refractivity contribution in [3.05, 3.63) is 63.9 Å². The first-order valence-corrected chi connectivity index (χ1v) is 7.12. The zero-order valence-electron chi connectivity index (χ0n) is 11.3. The van der Waals surface area contributed by atoms with Crippen molar-refractivity contribution in [2.75, 3.05) is 13.6 Å². The van der Waals surface area contributed by atoms with E-state index in [4.69, 9.17) is 28.9 Å². The number of aromatic nitrogens is 1. The van der Waals surface area contributed by atoms with E-state index >= 15 is 0 Å². The molecule has 0 aliphatic heterocycles. The van der Waals surface area contributed by atoms with E-state index in [1.807, 2.05) is 37.4 Å². The molecule has 0 amide bonds. The lowest BCUT2D eigenvalue weighted by Crippen LogP contribution is -2.30. The van der Waals surface area contributed by atoms with E-state index in [1.165, 1.54) is 0 Å². The molecular formula is C15H17Cl2N3. The number of benzene rings is 1. The van der Waals surface area contributed by atoms with E-state index in [-0.39, 0.29) is 6.04 Å². The highest BCUT2D eigenvalue weighted by Gasteiger charge is 2.17. The van der Waals surface area contributed by atoms with Crippen molar-refractivity contribution in [1.82, 2.24) is 9.88 Å². The van der Waals surface area contributed by atoms with Crippen LogP contribution in [0.3, 0.4) is 0 Å². The molecule has 2 aromatic rings. The van der Waals surface area contributed by atoms with Gasteiger partial charge in [-0.2, -0.15) is 0 Å². The fraction of sp³-hybridized carbons (Fsp3) is 0.267. The van der Waals surface area contributed by atoms with Gasteiger partial charge in [0.05, 0.1) is 15.7 Å². The average Bonchev–Trinajstić information content (AvgIpc) is 2.44. The Morgan fingerprint density at radius 3 is 2.60 bits per heavy atom. The molecule has 0 saturated carbocycles. The number of hydrogen-bond acceptors (Lipinski definition) is 3. The predicted molar refractivity (Wildman–Crippen MR) is 84.0 cm³/mol. The van der Waals surface area contributed by atoms with Gasteiger partial charge in [-0.25, -0.2) is 0 Å². The summed E-state index contributed by atoms with van der Waals surface area (Å²) in [5.74, 6) is 0. The third-order valence-electron chi connectivity index (χ3n) is 3.22. The lowest BCUT2D eigenvalue weighted by atomic mass is 10.1. The second-order valence-electron chi connectivity index (χ2n) is 4.66. The maximum absolute atomic E-state index is 6.08. The van der Waals surface area contributed by atoms with Gasteiger partial charge >= 0.3 is 0 Å². The Kier molecular flexibility index (Phi) is 5.38. The second kappa shape index (κ2) is 7.04. The molecule has 0 aliphatic rings. The first kappa shape index (κ1) is 15.3. The van der Waals surface area contributed by atoms with Gasteiger partial charge in [0.25, 0.3) is 0 Å². The Labute approximate surface area is 129 Å². The summed E-state index contributed by atoms with van der Waals surface area (Å²) < 4.78 is 0. The first-order chi connectivity index (χ1) is 9.61. The van der Waals surface area contributed by atoms with E-state index in [0.29, 0.717) is 16.6 Å². The van der Waals surface area contributed by atoms with Gasteiger partial charge in [-0.15, -0.1) is 0 Å². The van der Waals surface area contributed by atoms with Crippen molar-refractivity contribution in [3.63, 3.8) is 0 Å². The molecule has 1 atom stereocenters. The van der Waals surface area contributed by atoms with Crippen LogP contribution in [0.4, 0.5) is 0 Å². The summed E-state index contributed by atoms with van der Waals surface area (Å²) in [6, 6.07) is 11.6. The molecule has 1 heterocycles. The van der Waals surface area contributed by atoms with Crippen LogP contribution >= 0.6 is 23.2 Å². The Bertz CT molecular complexity index is 560. The zero-order chi connectivity index (χ0) is 14.5. The number of nitrogens with zero attached hydrogens (tertiary/aromatic N) is 2. The summed E-state index contributed by atoms with van der Waals surface area (Å²) in [5.41, 5.74) is 7.97. The Balaban J connectivity index is 2.16. The van der Waals surface area contributed by atoms with E-state index in [0.717, 1.165) is 17.8 Å². The van der Waals surface area contributed by atoms with Gasteiger partial charge in [0.1, 0.15) is 0 Å². The molecule has 2 N–H and O–H groups in total. The van der Waals surface area contributed by atoms with E-state index < -0.39 is 0 Å². The topological polar surface area (TPSA) is 42.2 Å².